The van der Waals surface area contributed by atoms with Crippen LogP contribution in [0.25, 0.3) is 10.9 Å². The third-order valence-corrected chi connectivity index (χ3v) is 4.32. The van der Waals surface area contributed by atoms with Gasteiger partial charge in [0.2, 0.25) is 0 Å². The highest BCUT2D eigenvalue weighted by atomic mass is 16.3. The van der Waals surface area contributed by atoms with Gasteiger partial charge in [-0.2, -0.15) is 0 Å². The maximum absolute atomic E-state index is 9.62. The van der Waals surface area contributed by atoms with Gasteiger partial charge in [0.1, 0.15) is 5.82 Å². The van der Waals surface area contributed by atoms with Crippen LogP contribution < -0.4 is 5.32 Å². The van der Waals surface area contributed by atoms with E-state index in [0.29, 0.717) is 6.54 Å². The molecule has 1 aliphatic rings. The molecule has 3 rings (SSSR count). The summed E-state index contributed by atoms with van der Waals surface area (Å²) in [6.07, 6.45) is 4.45. The van der Waals surface area contributed by atoms with Gasteiger partial charge in [-0.05, 0) is 25.8 Å². The minimum Gasteiger partial charge on any atom is -0.394 e. The van der Waals surface area contributed by atoms with Gasteiger partial charge in [0.15, 0.2) is 0 Å². The summed E-state index contributed by atoms with van der Waals surface area (Å²) in [5.41, 5.74) is 1.88. The lowest BCUT2D eigenvalue weighted by Gasteiger charge is -2.27. The third kappa shape index (κ3) is 2.53. The van der Waals surface area contributed by atoms with Crippen molar-refractivity contribution in [1.29, 1.82) is 0 Å². The Balaban J connectivity index is 1.81. The van der Waals surface area contributed by atoms with E-state index in [1.54, 1.807) is 0 Å². The van der Waals surface area contributed by atoms with E-state index >= 15 is 0 Å². The van der Waals surface area contributed by atoms with Crippen molar-refractivity contribution >= 4 is 10.9 Å². The van der Waals surface area contributed by atoms with Gasteiger partial charge in [-0.15, -0.1) is 0 Å². The van der Waals surface area contributed by atoms with Crippen molar-refractivity contribution in [3.05, 3.63) is 35.8 Å². The van der Waals surface area contributed by atoms with E-state index < -0.39 is 0 Å². The summed E-state index contributed by atoms with van der Waals surface area (Å²) >= 11 is 0. The number of nitrogens with zero attached hydrogens (tertiary/aromatic N) is 2. The molecule has 1 aromatic heterocycles. The van der Waals surface area contributed by atoms with Gasteiger partial charge in [-0.3, -0.25) is 0 Å². The Morgan fingerprint density at radius 1 is 1.20 bits per heavy atom. The first-order valence-corrected chi connectivity index (χ1v) is 7.31. The molecule has 1 saturated carbocycles. The van der Waals surface area contributed by atoms with E-state index in [9.17, 15) is 5.11 Å². The second kappa shape index (κ2) is 5.46. The molecule has 2 N–H and O–H groups in total. The van der Waals surface area contributed by atoms with Crippen molar-refractivity contribution in [1.82, 2.24) is 15.3 Å². The molecule has 1 aliphatic carbocycles. The maximum atomic E-state index is 9.62. The Morgan fingerprint density at radius 2 is 1.95 bits per heavy atom. The summed E-state index contributed by atoms with van der Waals surface area (Å²) < 4.78 is 0. The molecule has 4 heteroatoms. The largest absolute Gasteiger partial charge is 0.394 e. The summed E-state index contributed by atoms with van der Waals surface area (Å²) in [4.78, 5) is 9.18. The molecule has 0 bridgehead atoms. The Kier molecular flexibility index (Phi) is 3.68. The fraction of sp³-hybridized carbons (Fsp3) is 0.500. The number of hydrogen-bond acceptors (Lipinski definition) is 4. The number of nitrogens with one attached hydrogen (secondary N) is 1. The highest BCUT2D eigenvalue weighted by molar-refractivity contribution is 5.80. The van der Waals surface area contributed by atoms with Gasteiger partial charge in [0, 0.05) is 16.6 Å². The van der Waals surface area contributed by atoms with E-state index in [1.165, 1.54) is 12.8 Å². The van der Waals surface area contributed by atoms with Crippen LogP contribution in [0, 0.1) is 6.92 Å². The molecule has 1 heterocycles. The predicted molar refractivity (Wildman–Crippen MR) is 79.4 cm³/mol. The van der Waals surface area contributed by atoms with Crippen LogP contribution in [0.5, 0.6) is 0 Å². The van der Waals surface area contributed by atoms with Crippen molar-refractivity contribution in [3.8, 4) is 0 Å². The first-order valence-electron chi connectivity index (χ1n) is 7.31. The average Bonchev–Trinajstić information content (AvgIpc) is 2.95. The van der Waals surface area contributed by atoms with Crippen molar-refractivity contribution in [2.24, 2.45) is 0 Å². The summed E-state index contributed by atoms with van der Waals surface area (Å²) in [6.45, 7) is 2.83. The molecule has 1 aromatic carbocycles. The van der Waals surface area contributed by atoms with Crippen LogP contribution in [-0.4, -0.2) is 27.2 Å². The molecule has 0 amide bonds. The number of benzene rings is 1. The zero-order valence-corrected chi connectivity index (χ0v) is 11.9. The monoisotopic (exact) mass is 271 g/mol. The van der Waals surface area contributed by atoms with Gasteiger partial charge < -0.3 is 10.4 Å². The number of aromatic nitrogens is 2. The Labute approximate surface area is 119 Å². The zero-order valence-electron chi connectivity index (χ0n) is 11.9. The molecule has 0 radical (unpaired) electrons. The lowest BCUT2D eigenvalue weighted by atomic mass is 9.99. The summed E-state index contributed by atoms with van der Waals surface area (Å²) in [5, 5.41) is 14.2. The van der Waals surface area contributed by atoms with Gasteiger partial charge >= 0.3 is 0 Å². The van der Waals surface area contributed by atoms with E-state index in [2.05, 4.69) is 15.3 Å². The highest BCUT2D eigenvalue weighted by Gasteiger charge is 2.32. The SMILES string of the molecule is Cc1nc(CNC2(CO)CCCC2)nc2ccccc12. The zero-order chi connectivity index (χ0) is 14.0. The lowest BCUT2D eigenvalue weighted by molar-refractivity contribution is 0.162. The van der Waals surface area contributed by atoms with Crippen LogP contribution >= 0.6 is 0 Å². The maximum Gasteiger partial charge on any atom is 0.143 e. The smallest absolute Gasteiger partial charge is 0.143 e. The minimum atomic E-state index is -0.122. The highest BCUT2D eigenvalue weighted by Crippen LogP contribution is 2.29. The van der Waals surface area contributed by atoms with Crippen LogP contribution in [0.4, 0.5) is 0 Å². The van der Waals surface area contributed by atoms with Crippen LogP contribution in [0.2, 0.25) is 0 Å². The fourth-order valence-corrected chi connectivity index (χ4v) is 3.08. The Morgan fingerprint density at radius 3 is 2.70 bits per heavy atom. The minimum absolute atomic E-state index is 0.122. The van der Waals surface area contributed by atoms with Crippen LogP contribution in [-0.2, 0) is 6.54 Å². The summed E-state index contributed by atoms with van der Waals surface area (Å²) in [6, 6.07) is 8.08. The average molecular weight is 271 g/mol. The Bertz CT molecular complexity index is 606. The molecular weight excluding hydrogens is 250 g/mol. The summed E-state index contributed by atoms with van der Waals surface area (Å²) in [7, 11) is 0. The quantitative estimate of drug-likeness (QED) is 0.896. The number of hydrogen-bond donors (Lipinski definition) is 2. The molecule has 2 aromatic rings. The van der Waals surface area contributed by atoms with Crippen molar-refractivity contribution in [2.75, 3.05) is 6.61 Å². The molecular formula is C16H21N3O. The number of aliphatic hydroxyl groups excluding tert-OH is 1. The van der Waals surface area contributed by atoms with Crippen molar-refractivity contribution in [2.45, 2.75) is 44.7 Å². The lowest BCUT2D eigenvalue weighted by Crippen LogP contribution is -2.45. The topological polar surface area (TPSA) is 58.0 Å². The number of aryl methyl sites for hydroxylation is 1. The van der Waals surface area contributed by atoms with Gasteiger partial charge in [0.05, 0.1) is 18.7 Å². The molecule has 4 nitrogen and oxygen atoms in total. The molecule has 0 spiro atoms. The van der Waals surface area contributed by atoms with E-state index in [-0.39, 0.29) is 12.1 Å². The summed E-state index contributed by atoms with van der Waals surface area (Å²) in [5.74, 6) is 0.806. The fourth-order valence-electron chi connectivity index (χ4n) is 3.08. The second-order valence-corrected chi connectivity index (χ2v) is 5.74. The van der Waals surface area contributed by atoms with Gasteiger partial charge in [-0.25, -0.2) is 9.97 Å². The molecule has 1 fully saturated rings. The molecule has 0 atom stereocenters. The molecule has 0 unspecified atom stereocenters. The number of rotatable bonds is 4. The van der Waals surface area contributed by atoms with E-state index in [0.717, 1.165) is 35.3 Å². The first kappa shape index (κ1) is 13.5. The number of aliphatic hydroxyl groups is 1. The molecule has 106 valence electrons. The van der Waals surface area contributed by atoms with Crippen LogP contribution in [0.1, 0.15) is 37.2 Å². The first-order chi connectivity index (χ1) is 9.72. The van der Waals surface area contributed by atoms with E-state index in [1.807, 2.05) is 31.2 Å². The third-order valence-electron chi connectivity index (χ3n) is 4.32. The number of para-hydroxylation sites is 1. The van der Waals surface area contributed by atoms with Gasteiger partial charge in [-0.1, -0.05) is 31.0 Å². The van der Waals surface area contributed by atoms with Crippen LogP contribution in [0.15, 0.2) is 24.3 Å². The standard InChI is InChI=1S/C16H21N3O/c1-12-13-6-2-3-7-14(13)19-15(18-12)10-17-16(11-20)8-4-5-9-16/h2-3,6-7,17,20H,4-5,8-11H2,1H3. The molecule has 0 saturated heterocycles. The van der Waals surface area contributed by atoms with Crippen molar-refractivity contribution in [3.63, 3.8) is 0 Å². The van der Waals surface area contributed by atoms with Crippen LogP contribution in [0.3, 0.4) is 0 Å². The normalized spacial score (nSPS) is 17.7. The predicted octanol–water partition coefficient (Wildman–Crippen LogP) is 2.33. The second-order valence-electron chi connectivity index (χ2n) is 5.74. The Hall–Kier alpha value is -1.52. The number of fused-ring (bicyclic) bond motifs is 1. The van der Waals surface area contributed by atoms with Crippen molar-refractivity contribution < 1.29 is 5.11 Å². The molecule has 0 aliphatic heterocycles. The van der Waals surface area contributed by atoms with E-state index in [4.69, 9.17) is 0 Å². The molecule has 20 heavy (non-hydrogen) atoms. The van der Waals surface area contributed by atoms with Gasteiger partial charge in [0.25, 0.3) is 0 Å².